The number of aromatic nitrogens is 4. The second-order valence-electron chi connectivity index (χ2n) is 15.3. The monoisotopic (exact) mass is 778 g/mol. The second-order valence-corrected chi connectivity index (χ2v) is 15.3. The topological polar surface area (TPSA) is 43.6 Å². The third-order valence-electron chi connectivity index (χ3n) is 11.6. The molecule has 1 aliphatic rings. The summed E-state index contributed by atoms with van der Waals surface area (Å²) in [5.74, 6) is 1.74. The van der Waals surface area contributed by atoms with Crippen LogP contribution in [0.5, 0.6) is 0 Å². The number of nitrogens with zero attached hydrogens (tertiary/aromatic N) is 4. The fourth-order valence-electron chi connectivity index (χ4n) is 8.61. The van der Waals surface area contributed by atoms with E-state index in [1.807, 2.05) is 18.2 Å². The van der Waals surface area contributed by atoms with E-state index >= 15 is 0 Å². The summed E-state index contributed by atoms with van der Waals surface area (Å²) in [6.45, 7) is 0. The number of para-hydroxylation sites is 1. The highest BCUT2D eigenvalue weighted by atomic mass is 15.0. The standard InChI is InChI=1S/C57H38N4/c1-4-16-39(17-5-1)41-28-32-44(33-29-41)55-58-56(60-57(59-55)50-25-11-10-22-47(50)42-20-8-3-9-21-42)45-34-30-43(31-35-45)48-23-12-14-26-52(48)61-53-27-15-13-24-49(53)51-38-46(36-37-54(51)61)40-18-6-2-7-19-40/h1-14,16-26,28-30,32-34,36-38H,15,27H2. The smallest absolute Gasteiger partial charge is 0.172 e. The van der Waals surface area contributed by atoms with Crippen molar-refractivity contribution in [3.63, 3.8) is 0 Å². The zero-order valence-electron chi connectivity index (χ0n) is 33.3. The van der Waals surface area contributed by atoms with Crippen LogP contribution in [0, 0.1) is 12.1 Å². The van der Waals surface area contributed by atoms with Gasteiger partial charge in [-0.05, 0) is 76.6 Å². The van der Waals surface area contributed by atoms with Gasteiger partial charge in [0.1, 0.15) is 0 Å². The first-order valence-corrected chi connectivity index (χ1v) is 20.8. The second kappa shape index (κ2) is 15.6. The lowest BCUT2D eigenvalue weighted by Gasteiger charge is -2.16. The summed E-state index contributed by atoms with van der Waals surface area (Å²) in [5, 5.41) is 1.26. The molecule has 286 valence electrons. The summed E-state index contributed by atoms with van der Waals surface area (Å²) in [6.07, 6.45) is 6.58. The maximum absolute atomic E-state index is 5.14. The molecule has 1 aliphatic carbocycles. The van der Waals surface area contributed by atoms with E-state index in [1.165, 1.54) is 33.3 Å². The molecule has 10 aromatic rings. The summed E-state index contributed by atoms with van der Waals surface area (Å²) >= 11 is 0. The average molecular weight is 779 g/mol. The van der Waals surface area contributed by atoms with Crippen molar-refractivity contribution in [1.82, 2.24) is 19.5 Å². The van der Waals surface area contributed by atoms with Crippen LogP contribution in [0.15, 0.2) is 200 Å². The van der Waals surface area contributed by atoms with Crippen LogP contribution in [-0.2, 0) is 6.42 Å². The normalized spacial score (nSPS) is 11.9. The van der Waals surface area contributed by atoms with E-state index in [2.05, 4.69) is 205 Å². The first-order valence-electron chi connectivity index (χ1n) is 20.8. The molecule has 0 bridgehead atoms. The Morgan fingerprint density at radius 3 is 1.67 bits per heavy atom. The number of benzene rings is 7. The molecular weight excluding hydrogens is 741 g/mol. The number of fused-ring (bicyclic) bond motifs is 3. The largest absolute Gasteiger partial charge is 0.312 e. The summed E-state index contributed by atoms with van der Waals surface area (Å²) in [5.41, 5.74) is 16.4. The third kappa shape index (κ3) is 6.79. The van der Waals surface area contributed by atoms with Crippen LogP contribution in [0.4, 0.5) is 0 Å². The Labute approximate surface area is 355 Å². The van der Waals surface area contributed by atoms with Crippen molar-refractivity contribution in [3.8, 4) is 84.4 Å². The lowest BCUT2D eigenvalue weighted by molar-refractivity contribution is 0.889. The van der Waals surface area contributed by atoms with Gasteiger partial charge in [-0.2, -0.15) is 0 Å². The highest BCUT2D eigenvalue weighted by Gasteiger charge is 2.22. The van der Waals surface area contributed by atoms with E-state index in [0.29, 0.717) is 17.5 Å². The summed E-state index contributed by atoms with van der Waals surface area (Å²) in [4.78, 5) is 15.4. The number of rotatable bonds is 8. The van der Waals surface area contributed by atoms with Gasteiger partial charge < -0.3 is 4.57 Å². The van der Waals surface area contributed by atoms with Gasteiger partial charge in [0.25, 0.3) is 0 Å². The zero-order chi connectivity index (χ0) is 40.5. The molecule has 61 heavy (non-hydrogen) atoms. The first kappa shape index (κ1) is 36.0. The van der Waals surface area contributed by atoms with Gasteiger partial charge in [0.2, 0.25) is 0 Å². The van der Waals surface area contributed by atoms with Gasteiger partial charge in [0.05, 0.1) is 16.8 Å². The van der Waals surface area contributed by atoms with E-state index in [1.54, 1.807) is 0 Å². The Hall–Kier alpha value is -8.13. The molecule has 4 heteroatoms. The van der Waals surface area contributed by atoms with Crippen molar-refractivity contribution in [2.45, 2.75) is 12.8 Å². The molecule has 0 radical (unpaired) electrons. The molecule has 11 rings (SSSR count). The molecule has 0 unspecified atom stereocenters. The number of hydrogen-bond donors (Lipinski definition) is 0. The summed E-state index contributed by atoms with van der Waals surface area (Å²) in [6, 6.07) is 74.8. The molecule has 0 aliphatic heterocycles. The molecule has 0 amide bonds. The predicted molar refractivity (Wildman–Crippen MR) is 250 cm³/mol. The Morgan fingerprint density at radius 1 is 0.410 bits per heavy atom. The minimum Gasteiger partial charge on any atom is -0.312 e. The molecule has 2 heterocycles. The number of hydrogen-bond acceptors (Lipinski definition) is 3. The summed E-state index contributed by atoms with van der Waals surface area (Å²) in [7, 11) is 0. The fraction of sp³-hybridized carbons (Fsp3) is 0.0351. The van der Waals surface area contributed by atoms with Gasteiger partial charge in [0, 0.05) is 38.9 Å². The Morgan fingerprint density at radius 2 is 0.951 bits per heavy atom. The van der Waals surface area contributed by atoms with Crippen molar-refractivity contribution in [1.29, 1.82) is 0 Å². The van der Waals surface area contributed by atoms with Crippen LogP contribution in [0.2, 0.25) is 0 Å². The van der Waals surface area contributed by atoms with E-state index in [4.69, 9.17) is 15.0 Å². The van der Waals surface area contributed by atoms with Crippen LogP contribution in [-0.4, -0.2) is 19.5 Å². The Kier molecular flexibility index (Phi) is 9.18. The highest BCUT2D eigenvalue weighted by Crippen LogP contribution is 2.39. The van der Waals surface area contributed by atoms with Crippen molar-refractivity contribution >= 4 is 17.0 Å². The van der Waals surface area contributed by atoms with E-state index in [9.17, 15) is 0 Å². The molecule has 2 aromatic heterocycles. The van der Waals surface area contributed by atoms with Crippen LogP contribution in [0.25, 0.3) is 101 Å². The van der Waals surface area contributed by atoms with Gasteiger partial charge >= 0.3 is 0 Å². The highest BCUT2D eigenvalue weighted by molar-refractivity contribution is 5.97. The molecule has 4 nitrogen and oxygen atoms in total. The zero-order valence-corrected chi connectivity index (χ0v) is 33.3. The minimum absolute atomic E-state index is 0.539. The average Bonchev–Trinajstić information content (AvgIpc) is 3.68. The van der Waals surface area contributed by atoms with Crippen molar-refractivity contribution < 1.29 is 0 Å². The van der Waals surface area contributed by atoms with E-state index in [-0.39, 0.29) is 0 Å². The van der Waals surface area contributed by atoms with Gasteiger partial charge in [-0.25, -0.2) is 15.0 Å². The lowest BCUT2D eigenvalue weighted by Crippen LogP contribution is -2.04. The van der Waals surface area contributed by atoms with Gasteiger partial charge in [-0.15, -0.1) is 0 Å². The number of allylic oxidation sites excluding steroid dienone is 1. The van der Waals surface area contributed by atoms with Crippen molar-refractivity contribution in [3.05, 3.63) is 224 Å². The van der Waals surface area contributed by atoms with Crippen LogP contribution in [0.3, 0.4) is 0 Å². The van der Waals surface area contributed by atoms with Gasteiger partial charge in [0.15, 0.2) is 17.5 Å². The van der Waals surface area contributed by atoms with Crippen molar-refractivity contribution in [2.75, 3.05) is 0 Å². The maximum Gasteiger partial charge on any atom is 0.172 e. The molecule has 0 saturated carbocycles. The van der Waals surface area contributed by atoms with Crippen LogP contribution in [0.1, 0.15) is 17.7 Å². The lowest BCUT2D eigenvalue weighted by atomic mass is 9.99. The minimum atomic E-state index is 0.539. The van der Waals surface area contributed by atoms with E-state index < -0.39 is 0 Å². The van der Waals surface area contributed by atoms with Crippen LogP contribution >= 0.6 is 0 Å². The van der Waals surface area contributed by atoms with E-state index in [0.717, 1.165) is 68.6 Å². The molecule has 0 saturated heterocycles. The maximum atomic E-state index is 5.14. The Balaban J connectivity index is 1.01. The molecule has 0 fully saturated rings. The first-order chi connectivity index (χ1) is 30.2. The fourth-order valence-corrected chi connectivity index (χ4v) is 8.61. The molecular formula is C57H38N4. The predicted octanol–water partition coefficient (Wildman–Crippen LogP) is 14.0. The SMILES string of the molecule is c1c(-c2nc(-c3ccc(-c4ccccc4)cc3)nc(-c3ccccc3-c3ccccc3)n2)ccc(-c2ccccc2-n2c3c(c4cc(-c5ccccc5)ccc42)C=CCC3)c#1. The third-order valence-corrected chi connectivity index (χ3v) is 11.6. The summed E-state index contributed by atoms with van der Waals surface area (Å²) < 4.78 is 2.46. The molecule has 8 aromatic carbocycles. The van der Waals surface area contributed by atoms with Crippen LogP contribution < -0.4 is 0 Å². The van der Waals surface area contributed by atoms with Gasteiger partial charge in [-0.3, -0.25) is 0 Å². The Bertz CT molecular complexity index is 3200. The molecule has 0 spiro atoms. The van der Waals surface area contributed by atoms with Gasteiger partial charge in [-0.1, -0.05) is 188 Å². The van der Waals surface area contributed by atoms with Crippen molar-refractivity contribution in [2.24, 2.45) is 0 Å². The molecule has 0 N–H and O–H groups in total. The quantitative estimate of drug-likeness (QED) is 0.154. The molecule has 0 atom stereocenters.